The Morgan fingerprint density at radius 3 is 2.21 bits per heavy atom. The second-order valence-corrected chi connectivity index (χ2v) is 8.95. The molecule has 0 radical (unpaired) electrons. The van der Waals surface area contributed by atoms with Crippen molar-refractivity contribution in [2.45, 2.75) is 12.6 Å². The van der Waals surface area contributed by atoms with Gasteiger partial charge < -0.3 is 10.2 Å². The molecule has 0 aromatic heterocycles. The van der Waals surface area contributed by atoms with E-state index >= 15 is 0 Å². The average molecular weight is 520 g/mol. The fourth-order valence-corrected chi connectivity index (χ4v) is 4.26. The second kappa shape index (κ2) is 13.0. The molecule has 0 aliphatic rings. The number of likely N-dealkylation sites (N-methyl/N-ethyl adjacent to an activating group) is 1. The fourth-order valence-electron chi connectivity index (χ4n) is 4.26. The number of hydroxylamine groups is 1. The number of hydrogen-bond donors (Lipinski definition) is 3. The molecule has 1 unspecified atom stereocenters. The van der Waals surface area contributed by atoms with Crippen LogP contribution in [0.3, 0.4) is 0 Å². The third kappa shape index (κ3) is 7.06. The van der Waals surface area contributed by atoms with Crippen LogP contribution in [0.5, 0.6) is 0 Å². The normalized spacial score (nSPS) is 11.5. The maximum Gasteiger partial charge on any atom is 0.267 e. The summed E-state index contributed by atoms with van der Waals surface area (Å²) in [5.74, 6) is -1.33. The van der Waals surface area contributed by atoms with Crippen LogP contribution in [0.1, 0.15) is 33.1 Å². The number of carbonyl (C=O) groups is 3. The van der Waals surface area contributed by atoms with Gasteiger partial charge >= 0.3 is 0 Å². The molecule has 4 rings (SSSR count). The Bertz CT molecular complexity index is 1470. The van der Waals surface area contributed by atoms with Crippen molar-refractivity contribution in [1.29, 1.82) is 0 Å². The maximum atomic E-state index is 13.7. The molecule has 0 heterocycles. The molecule has 3 amide bonds. The largest absolute Gasteiger partial charge is 0.350 e. The number of nitrogens with zero attached hydrogens (tertiary/aromatic N) is 1. The monoisotopic (exact) mass is 519 g/mol. The lowest BCUT2D eigenvalue weighted by Gasteiger charge is -2.28. The van der Waals surface area contributed by atoms with E-state index in [2.05, 4.69) is 5.32 Å². The summed E-state index contributed by atoms with van der Waals surface area (Å²) in [5, 5.41) is 11.7. The predicted octanol–water partition coefficient (Wildman–Crippen LogP) is 5.00. The van der Waals surface area contributed by atoms with Gasteiger partial charge in [0.05, 0.1) is 0 Å². The van der Waals surface area contributed by atoms with Gasteiger partial charge in [-0.05, 0) is 52.1 Å². The van der Waals surface area contributed by atoms with Gasteiger partial charge in [-0.1, -0.05) is 91.0 Å². The molecule has 196 valence electrons. The smallest absolute Gasteiger partial charge is 0.267 e. The minimum Gasteiger partial charge on any atom is -0.350 e. The number of amides is 3. The van der Waals surface area contributed by atoms with Crippen molar-refractivity contribution in [1.82, 2.24) is 15.7 Å². The van der Waals surface area contributed by atoms with Crippen LogP contribution in [-0.4, -0.2) is 34.9 Å². The Labute approximate surface area is 227 Å². The molecule has 0 bridgehead atoms. The van der Waals surface area contributed by atoms with Crippen molar-refractivity contribution in [2.24, 2.45) is 0 Å². The highest BCUT2D eigenvalue weighted by atomic mass is 16.5. The Morgan fingerprint density at radius 1 is 0.821 bits per heavy atom. The number of benzene rings is 4. The zero-order valence-corrected chi connectivity index (χ0v) is 21.5. The van der Waals surface area contributed by atoms with Gasteiger partial charge in [-0.3, -0.25) is 19.6 Å². The number of rotatable bonds is 9. The van der Waals surface area contributed by atoms with Gasteiger partial charge in [0.15, 0.2) is 0 Å². The Balaban J connectivity index is 1.65. The molecule has 39 heavy (non-hydrogen) atoms. The summed E-state index contributed by atoms with van der Waals surface area (Å²) in [4.78, 5) is 40.2. The third-order valence-electron chi connectivity index (χ3n) is 6.25. The first-order valence-electron chi connectivity index (χ1n) is 12.4. The van der Waals surface area contributed by atoms with Crippen LogP contribution < -0.4 is 10.8 Å². The lowest BCUT2D eigenvalue weighted by Crippen LogP contribution is -2.41. The van der Waals surface area contributed by atoms with E-state index in [1.807, 2.05) is 78.9 Å². The van der Waals surface area contributed by atoms with Crippen LogP contribution in [0.25, 0.3) is 17.2 Å². The molecule has 0 spiro atoms. The first kappa shape index (κ1) is 27.0. The molecule has 4 aromatic rings. The molecule has 0 aliphatic carbocycles. The highest BCUT2D eigenvalue weighted by Crippen LogP contribution is 2.26. The summed E-state index contributed by atoms with van der Waals surface area (Å²) in [6.45, 7) is 0.304. The molecule has 7 nitrogen and oxygen atoms in total. The third-order valence-corrected chi connectivity index (χ3v) is 6.25. The van der Waals surface area contributed by atoms with Crippen molar-refractivity contribution in [3.8, 4) is 11.1 Å². The lowest BCUT2D eigenvalue weighted by molar-refractivity contribution is -0.126. The molecular formula is C32H29N3O4. The van der Waals surface area contributed by atoms with Gasteiger partial charge in [-0.2, -0.15) is 0 Å². The van der Waals surface area contributed by atoms with E-state index in [0.29, 0.717) is 23.2 Å². The van der Waals surface area contributed by atoms with Crippen molar-refractivity contribution in [3.05, 3.63) is 138 Å². The standard InChI is InChI=1S/C32H29N3O4/c1-35(32(38)28-17-9-15-26(21-28)25-13-6-3-7-14-25)30(31(37)33-22-24-10-4-2-5-11-24)27-16-8-12-23(20-27)18-19-29(36)34-39/h2-21,30,39H,22H2,1H3,(H,33,37)(H,34,36)/b19-18+. The van der Waals surface area contributed by atoms with E-state index in [-0.39, 0.29) is 11.8 Å². The van der Waals surface area contributed by atoms with Crippen LogP contribution in [0, 0.1) is 0 Å². The highest BCUT2D eigenvalue weighted by molar-refractivity contribution is 5.98. The fraction of sp³-hybridized carbons (Fsp3) is 0.0938. The summed E-state index contributed by atoms with van der Waals surface area (Å²) in [6.07, 6.45) is 2.69. The SMILES string of the molecule is CN(C(=O)c1cccc(-c2ccccc2)c1)C(C(=O)NCc1ccccc1)c1cccc(/C=C/C(=O)NO)c1. The van der Waals surface area contributed by atoms with Crippen molar-refractivity contribution < 1.29 is 19.6 Å². The molecule has 0 saturated carbocycles. The molecule has 7 heteroatoms. The van der Waals surface area contributed by atoms with Gasteiger partial charge in [0.2, 0.25) is 5.91 Å². The van der Waals surface area contributed by atoms with Gasteiger partial charge in [-0.15, -0.1) is 0 Å². The van der Waals surface area contributed by atoms with Crippen LogP contribution >= 0.6 is 0 Å². The Hall–Kier alpha value is -5.01. The van der Waals surface area contributed by atoms with Crippen LogP contribution in [0.2, 0.25) is 0 Å². The van der Waals surface area contributed by atoms with Gasteiger partial charge in [0.1, 0.15) is 6.04 Å². The maximum absolute atomic E-state index is 13.7. The average Bonchev–Trinajstić information content (AvgIpc) is 2.99. The van der Waals surface area contributed by atoms with Crippen LogP contribution in [-0.2, 0) is 16.1 Å². The minimum absolute atomic E-state index is 0.304. The van der Waals surface area contributed by atoms with Crippen molar-refractivity contribution >= 4 is 23.8 Å². The van der Waals surface area contributed by atoms with E-state index in [9.17, 15) is 14.4 Å². The first-order valence-corrected chi connectivity index (χ1v) is 12.4. The molecule has 1 atom stereocenters. The molecule has 4 aromatic carbocycles. The van der Waals surface area contributed by atoms with Crippen LogP contribution in [0.15, 0.2) is 115 Å². The molecule has 0 fully saturated rings. The highest BCUT2D eigenvalue weighted by Gasteiger charge is 2.29. The van der Waals surface area contributed by atoms with E-state index in [1.54, 1.807) is 42.9 Å². The van der Waals surface area contributed by atoms with Crippen molar-refractivity contribution in [3.63, 3.8) is 0 Å². The number of carbonyl (C=O) groups excluding carboxylic acids is 3. The lowest BCUT2D eigenvalue weighted by atomic mass is 9.99. The molecular weight excluding hydrogens is 490 g/mol. The predicted molar refractivity (Wildman–Crippen MR) is 150 cm³/mol. The zero-order valence-electron chi connectivity index (χ0n) is 21.5. The van der Waals surface area contributed by atoms with E-state index < -0.39 is 11.9 Å². The number of nitrogens with one attached hydrogen (secondary N) is 2. The first-order chi connectivity index (χ1) is 19.0. The quantitative estimate of drug-likeness (QED) is 0.165. The molecule has 0 aliphatic heterocycles. The topological polar surface area (TPSA) is 98.7 Å². The summed E-state index contributed by atoms with van der Waals surface area (Å²) < 4.78 is 0. The van der Waals surface area contributed by atoms with Crippen molar-refractivity contribution in [2.75, 3.05) is 7.05 Å². The van der Waals surface area contributed by atoms with E-state index in [1.165, 1.54) is 17.1 Å². The second-order valence-electron chi connectivity index (χ2n) is 8.95. The molecule has 3 N–H and O–H groups in total. The summed E-state index contributed by atoms with van der Waals surface area (Å²) in [6, 6.07) is 32.7. The number of hydrogen-bond acceptors (Lipinski definition) is 4. The Kier molecular flexibility index (Phi) is 9.00. The molecule has 0 saturated heterocycles. The van der Waals surface area contributed by atoms with Gasteiger partial charge in [0, 0.05) is 25.2 Å². The minimum atomic E-state index is -0.943. The zero-order chi connectivity index (χ0) is 27.6. The summed E-state index contributed by atoms with van der Waals surface area (Å²) >= 11 is 0. The summed E-state index contributed by atoms with van der Waals surface area (Å²) in [5.41, 5.74) is 6.02. The van der Waals surface area contributed by atoms with Gasteiger partial charge in [-0.25, -0.2) is 5.48 Å². The van der Waals surface area contributed by atoms with E-state index in [4.69, 9.17) is 5.21 Å². The van der Waals surface area contributed by atoms with E-state index in [0.717, 1.165) is 16.7 Å². The Morgan fingerprint density at radius 2 is 1.49 bits per heavy atom. The summed E-state index contributed by atoms with van der Waals surface area (Å²) in [7, 11) is 1.60. The van der Waals surface area contributed by atoms with Gasteiger partial charge in [0.25, 0.3) is 11.8 Å². The van der Waals surface area contributed by atoms with Crippen LogP contribution in [0.4, 0.5) is 0 Å².